The summed E-state index contributed by atoms with van der Waals surface area (Å²) >= 11 is 0. The van der Waals surface area contributed by atoms with Crippen molar-refractivity contribution < 1.29 is 8.83 Å². The number of hydrogen-bond donors (Lipinski definition) is 0. The van der Waals surface area contributed by atoms with Gasteiger partial charge in [0.1, 0.15) is 11.4 Å². The predicted octanol–water partition coefficient (Wildman–Crippen LogP) is 8.91. The number of nitrogens with zero attached hydrogens (tertiary/aromatic N) is 6. The average Bonchev–Trinajstić information content (AvgIpc) is 3.84. The lowest BCUT2D eigenvalue weighted by atomic mass is 10.0. The minimum absolute atomic E-state index is 0.319. The van der Waals surface area contributed by atoms with Crippen LogP contribution in [0.2, 0.25) is 0 Å². The lowest BCUT2D eigenvalue weighted by molar-refractivity contribution is 0.581. The Hall–Kier alpha value is -6.54. The molecule has 0 fully saturated rings. The third-order valence-electron chi connectivity index (χ3n) is 7.53. The van der Waals surface area contributed by atoms with Gasteiger partial charge >= 0.3 is 0 Å². The van der Waals surface area contributed by atoms with Crippen LogP contribution in [-0.2, 0) is 0 Å². The molecule has 46 heavy (non-hydrogen) atoms. The maximum atomic E-state index is 6.02. The monoisotopic (exact) mass is 596 g/mol. The van der Waals surface area contributed by atoms with E-state index in [0.29, 0.717) is 46.3 Å². The van der Waals surface area contributed by atoms with Crippen molar-refractivity contribution >= 4 is 0 Å². The summed E-state index contributed by atoms with van der Waals surface area (Å²) in [4.78, 5) is 9.54. The molecular weight excluding hydrogens is 572 g/mol. The van der Waals surface area contributed by atoms with Crippen LogP contribution in [0.3, 0.4) is 0 Å². The minimum Gasteiger partial charge on any atom is -0.415 e. The highest BCUT2D eigenvalue weighted by molar-refractivity contribution is 5.69. The first-order chi connectivity index (χ1) is 22.8. The van der Waals surface area contributed by atoms with Crippen LogP contribution < -0.4 is 0 Å². The standard InChI is InChI=1S/C38H24N6O2/c1-3-9-25(10-4-1)27-17-21-29(22-18-27)35-41-43-37(45-35)33-15-7-13-31(39-33)32-14-8-16-34(40-32)38-44-42-36(46-38)30-23-19-28(20-24-30)26-11-5-2-6-12-26/h1-24H. The summed E-state index contributed by atoms with van der Waals surface area (Å²) < 4.78 is 12.0. The molecule has 0 atom stereocenters. The van der Waals surface area contributed by atoms with E-state index in [1.165, 1.54) is 0 Å². The van der Waals surface area contributed by atoms with Crippen LogP contribution in [0.5, 0.6) is 0 Å². The lowest BCUT2D eigenvalue weighted by Crippen LogP contribution is -1.92. The fraction of sp³-hybridized carbons (Fsp3) is 0. The maximum absolute atomic E-state index is 6.02. The fourth-order valence-corrected chi connectivity index (χ4v) is 5.15. The van der Waals surface area contributed by atoms with Crippen molar-refractivity contribution in [2.24, 2.45) is 0 Å². The van der Waals surface area contributed by atoms with E-state index in [2.05, 4.69) is 44.7 Å². The Bertz CT molecular complexity index is 2080. The summed E-state index contributed by atoms with van der Waals surface area (Å²) in [7, 11) is 0. The third-order valence-corrected chi connectivity index (χ3v) is 7.53. The molecule has 0 saturated carbocycles. The Kier molecular flexibility index (Phi) is 6.97. The first-order valence-corrected chi connectivity index (χ1v) is 14.7. The summed E-state index contributed by atoms with van der Waals surface area (Å²) in [5.74, 6) is 1.48. The Morgan fingerprint density at radius 1 is 0.261 bits per heavy atom. The van der Waals surface area contributed by atoms with Crippen LogP contribution in [-0.4, -0.2) is 30.4 Å². The van der Waals surface area contributed by atoms with Crippen LogP contribution in [0, 0.1) is 0 Å². The van der Waals surface area contributed by atoms with Crippen molar-refractivity contribution in [2.45, 2.75) is 0 Å². The van der Waals surface area contributed by atoms with E-state index >= 15 is 0 Å². The van der Waals surface area contributed by atoms with Crippen molar-refractivity contribution in [1.29, 1.82) is 0 Å². The molecule has 4 heterocycles. The normalized spacial score (nSPS) is 11.0. The van der Waals surface area contributed by atoms with Crippen molar-refractivity contribution in [3.63, 3.8) is 0 Å². The second-order valence-electron chi connectivity index (χ2n) is 10.5. The molecule has 4 aromatic heterocycles. The van der Waals surface area contributed by atoms with E-state index in [0.717, 1.165) is 33.4 Å². The highest BCUT2D eigenvalue weighted by atomic mass is 16.4. The number of hydrogen-bond acceptors (Lipinski definition) is 8. The van der Waals surface area contributed by atoms with Gasteiger partial charge in [0.15, 0.2) is 0 Å². The van der Waals surface area contributed by atoms with Gasteiger partial charge in [0.2, 0.25) is 11.8 Å². The first kappa shape index (κ1) is 27.0. The summed E-state index contributed by atoms with van der Waals surface area (Å²) in [5, 5.41) is 17.1. The fourth-order valence-electron chi connectivity index (χ4n) is 5.15. The lowest BCUT2D eigenvalue weighted by Gasteiger charge is -2.03. The van der Waals surface area contributed by atoms with Crippen LogP contribution >= 0.6 is 0 Å². The van der Waals surface area contributed by atoms with E-state index < -0.39 is 0 Å². The molecular formula is C38H24N6O2. The Balaban J connectivity index is 1.01. The van der Waals surface area contributed by atoms with Gasteiger partial charge in [0.05, 0.1) is 11.4 Å². The van der Waals surface area contributed by atoms with Crippen LogP contribution in [0.25, 0.3) is 79.7 Å². The van der Waals surface area contributed by atoms with E-state index in [1.54, 1.807) is 0 Å². The molecule has 4 aromatic carbocycles. The van der Waals surface area contributed by atoms with E-state index in [9.17, 15) is 0 Å². The zero-order chi connectivity index (χ0) is 30.7. The summed E-state index contributed by atoms with van der Waals surface area (Å²) in [5.41, 5.74) is 8.55. The molecule has 0 saturated heterocycles. The van der Waals surface area contributed by atoms with Crippen molar-refractivity contribution in [3.05, 3.63) is 146 Å². The van der Waals surface area contributed by atoms with Gasteiger partial charge in [-0.15, -0.1) is 20.4 Å². The molecule has 0 radical (unpaired) electrons. The molecule has 0 amide bonds. The summed E-state index contributed by atoms with van der Waals surface area (Å²) in [6.07, 6.45) is 0. The van der Waals surface area contributed by atoms with Crippen LogP contribution in [0.15, 0.2) is 154 Å². The zero-order valence-corrected chi connectivity index (χ0v) is 24.4. The molecule has 0 aliphatic heterocycles. The van der Waals surface area contributed by atoms with Crippen molar-refractivity contribution in [2.75, 3.05) is 0 Å². The molecule has 0 unspecified atom stereocenters. The van der Waals surface area contributed by atoms with E-state index in [4.69, 9.17) is 18.8 Å². The molecule has 218 valence electrons. The Labute approximate surface area is 264 Å². The molecule has 0 N–H and O–H groups in total. The second kappa shape index (κ2) is 11.9. The van der Waals surface area contributed by atoms with E-state index in [1.807, 2.05) is 121 Å². The van der Waals surface area contributed by atoms with Crippen LogP contribution in [0.4, 0.5) is 0 Å². The number of benzene rings is 4. The molecule has 8 nitrogen and oxygen atoms in total. The largest absolute Gasteiger partial charge is 0.415 e. The maximum Gasteiger partial charge on any atom is 0.266 e. The van der Waals surface area contributed by atoms with Gasteiger partial charge in [-0.25, -0.2) is 9.97 Å². The zero-order valence-electron chi connectivity index (χ0n) is 24.4. The Morgan fingerprint density at radius 3 is 1.00 bits per heavy atom. The van der Waals surface area contributed by atoms with Gasteiger partial charge in [-0.2, -0.15) is 0 Å². The van der Waals surface area contributed by atoms with E-state index in [-0.39, 0.29) is 0 Å². The summed E-state index contributed by atoms with van der Waals surface area (Å²) in [6.45, 7) is 0. The SMILES string of the molecule is c1ccc(-c2ccc(-c3nnc(-c4cccc(-c5cccc(-c6nnc(-c7ccc(-c8ccccc8)cc7)o6)n5)n4)o3)cc2)cc1. The number of rotatable bonds is 7. The van der Waals surface area contributed by atoms with Gasteiger partial charge < -0.3 is 8.83 Å². The number of pyridine rings is 2. The van der Waals surface area contributed by atoms with Crippen molar-refractivity contribution in [3.8, 4) is 79.7 Å². The smallest absolute Gasteiger partial charge is 0.266 e. The molecule has 8 heteroatoms. The summed E-state index contributed by atoms with van der Waals surface area (Å²) in [6, 6.07) is 47.7. The molecule has 0 aliphatic carbocycles. The quantitative estimate of drug-likeness (QED) is 0.180. The molecule has 0 spiro atoms. The minimum atomic E-state index is 0.319. The molecule has 0 bridgehead atoms. The first-order valence-electron chi connectivity index (χ1n) is 14.7. The van der Waals surface area contributed by atoms with Crippen LogP contribution in [0.1, 0.15) is 0 Å². The molecule has 8 aromatic rings. The highest BCUT2D eigenvalue weighted by Crippen LogP contribution is 2.29. The predicted molar refractivity (Wildman–Crippen MR) is 176 cm³/mol. The Morgan fingerprint density at radius 2 is 0.587 bits per heavy atom. The highest BCUT2D eigenvalue weighted by Gasteiger charge is 2.16. The van der Waals surface area contributed by atoms with Gasteiger partial charge in [-0.05, 0) is 70.8 Å². The second-order valence-corrected chi connectivity index (χ2v) is 10.5. The van der Waals surface area contributed by atoms with Gasteiger partial charge in [0, 0.05) is 11.1 Å². The van der Waals surface area contributed by atoms with Gasteiger partial charge in [0.25, 0.3) is 11.8 Å². The van der Waals surface area contributed by atoms with Gasteiger partial charge in [-0.1, -0.05) is 97.1 Å². The molecule has 0 aliphatic rings. The topological polar surface area (TPSA) is 104 Å². The molecule has 8 rings (SSSR count). The van der Waals surface area contributed by atoms with Gasteiger partial charge in [-0.3, -0.25) is 0 Å². The average molecular weight is 597 g/mol. The number of aromatic nitrogens is 6. The third kappa shape index (κ3) is 5.46. The van der Waals surface area contributed by atoms with Crippen molar-refractivity contribution in [1.82, 2.24) is 30.4 Å².